The number of carbonyl (C=O) groups excluding carboxylic acids is 1. The molecule has 0 unspecified atom stereocenters. The van der Waals surface area contributed by atoms with Crippen molar-refractivity contribution in [2.75, 3.05) is 0 Å². The van der Waals surface area contributed by atoms with Gasteiger partial charge in [0.05, 0.1) is 5.56 Å². The minimum absolute atomic E-state index is 0.309. The Labute approximate surface area is 148 Å². The molecule has 1 aromatic carbocycles. The standard InChI is InChI=1S/C20H28N2O3/c1-4-6-7-8-17-14(9-10-19(21)23)16-11-13(3)15(20(24)25)12-18(16)22(17)5-2/h11-12H,4-10H2,1-3H3,(H2,21,23)(H,24,25). The predicted octanol–water partition coefficient (Wildman–Crippen LogP) is 3.82. The highest BCUT2D eigenvalue weighted by Gasteiger charge is 2.19. The average Bonchev–Trinajstić information content (AvgIpc) is 2.84. The largest absolute Gasteiger partial charge is 0.478 e. The Bertz CT molecular complexity index is 790. The molecule has 2 aromatic rings. The zero-order valence-corrected chi connectivity index (χ0v) is 15.4. The maximum Gasteiger partial charge on any atom is 0.336 e. The number of aromatic carboxylic acids is 1. The maximum absolute atomic E-state index is 11.5. The molecule has 0 aliphatic rings. The van der Waals surface area contributed by atoms with Crippen molar-refractivity contribution in [1.82, 2.24) is 4.57 Å². The first-order valence-corrected chi connectivity index (χ1v) is 9.06. The number of carbonyl (C=O) groups is 2. The molecule has 0 bridgehead atoms. The average molecular weight is 344 g/mol. The quantitative estimate of drug-likeness (QED) is 0.678. The van der Waals surface area contributed by atoms with Crippen molar-refractivity contribution in [2.24, 2.45) is 5.73 Å². The molecule has 5 heteroatoms. The lowest BCUT2D eigenvalue weighted by molar-refractivity contribution is -0.117. The van der Waals surface area contributed by atoms with E-state index in [-0.39, 0.29) is 5.91 Å². The Morgan fingerprint density at radius 1 is 1.16 bits per heavy atom. The fourth-order valence-corrected chi connectivity index (χ4v) is 3.57. The Balaban J connectivity index is 2.64. The van der Waals surface area contributed by atoms with Gasteiger partial charge in [0.15, 0.2) is 0 Å². The first kappa shape index (κ1) is 19.0. The Morgan fingerprint density at radius 3 is 2.44 bits per heavy atom. The van der Waals surface area contributed by atoms with Crippen molar-refractivity contribution in [2.45, 2.75) is 65.8 Å². The van der Waals surface area contributed by atoms with Gasteiger partial charge in [0.2, 0.25) is 5.91 Å². The van der Waals surface area contributed by atoms with Crippen LogP contribution in [0.4, 0.5) is 0 Å². The Hall–Kier alpha value is -2.30. The molecule has 2 rings (SSSR count). The van der Waals surface area contributed by atoms with Crippen molar-refractivity contribution in [3.05, 3.63) is 34.5 Å². The van der Waals surface area contributed by atoms with E-state index in [4.69, 9.17) is 5.73 Å². The van der Waals surface area contributed by atoms with Crippen molar-refractivity contribution in [1.29, 1.82) is 0 Å². The molecule has 0 atom stereocenters. The normalized spacial score (nSPS) is 11.2. The van der Waals surface area contributed by atoms with Crippen LogP contribution in [0.3, 0.4) is 0 Å². The third-order valence-corrected chi connectivity index (χ3v) is 4.82. The summed E-state index contributed by atoms with van der Waals surface area (Å²) in [5.41, 5.74) is 9.75. The van der Waals surface area contributed by atoms with Gasteiger partial charge in [-0.05, 0) is 56.4 Å². The highest BCUT2D eigenvalue weighted by molar-refractivity contribution is 5.97. The molecule has 0 aliphatic heterocycles. The SMILES string of the molecule is CCCCCc1c(CCC(N)=O)c2cc(C)c(C(=O)O)cc2n1CC. The smallest absolute Gasteiger partial charge is 0.336 e. The van der Waals surface area contributed by atoms with Crippen LogP contribution in [0.1, 0.15) is 66.7 Å². The lowest BCUT2D eigenvalue weighted by atomic mass is 9.99. The number of hydrogen-bond donors (Lipinski definition) is 2. The zero-order chi connectivity index (χ0) is 18.6. The molecule has 25 heavy (non-hydrogen) atoms. The summed E-state index contributed by atoms with van der Waals surface area (Å²) in [6.07, 6.45) is 5.23. The fraction of sp³-hybridized carbons (Fsp3) is 0.500. The van der Waals surface area contributed by atoms with Gasteiger partial charge in [-0.3, -0.25) is 4.79 Å². The van der Waals surface area contributed by atoms with Crippen LogP contribution < -0.4 is 5.73 Å². The summed E-state index contributed by atoms with van der Waals surface area (Å²) in [6, 6.07) is 3.72. The third-order valence-electron chi connectivity index (χ3n) is 4.82. The van der Waals surface area contributed by atoms with Gasteiger partial charge in [0, 0.05) is 29.6 Å². The highest BCUT2D eigenvalue weighted by atomic mass is 16.4. The van der Waals surface area contributed by atoms with E-state index in [1.165, 1.54) is 5.69 Å². The van der Waals surface area contributed by atoms with Crippen LogP contribution in [0, 0.1) is 6.92 Å². The van der Waals surface area contributed by atoms with Gasteiger partial charge in [0.25, 0.3) is 0 Å². The molecule has 0 aliphatic carbocycles. The van der Waals surface area contributed by atoms with Crippen LogP contribution in [0.2, 0.25) is 0 Å². The number of nitrogens with zero attached hydrogens (tertiary/aromatic N) is 1. The van der Waals surface area contributed by atoms with Gasteiger partial charge in [-0.15, -0.1) is 0 Å². The van der Waals surface area contributed by atoms with Gasteiger partial charge in [-0.2, -0.15) is 0 Å². The van der Waals surface area contributed by atoms with Gasteiger partial charge in [-0.25, -0.2) is 4.79 Å². The van der Waals surface area contributed by atoms with Crippen LogP contribution in [0.15, 0.2) is 12.1 Å². The number of nitrogens with two attached hydrogens (primary N) is 1. The van der Waals surface area contributed by atoms with Crippen molar-refractivity contribution >= 4 is 22.8 Å². The van der Waals surface area contributed by atoms with E-state index in [9.17, 15) is 14.7 Å². The van der Waals surface area contributed by atoms with E-state index < -0.39 is 5.97 Å². The summed E-state index contributed by atoms with van der Waals surface area (Å²) in [5.74, 6) is -1.22. The van der Waals surface area contributed by atoms with E-state index >= 15 is 0 Å². The number of unbranched alkanes of at least 4 members (excludes halogenated alkanes) is 2. The Kier molecular flexibility index (Phi) is 6.23. The van der Waals surface area contributed by atoms with Gasteiger partial charge < -0.3 is 15.4 Å². The summed E-state index contributed by atoms with van der Waals surface area (Å²) in [4.78, 5) is 22.8. The molecule has 0 spiro atoms. The van der Waals surface area contributed by atoms with Gasteiger partial charge in [-0.1, -0.05) is 19.8 Å². The minimum atomic E-state index is -0.908. The number of aromatic nitrogens is 1. The van der Waals surface area contributed by atoms with E-state index in [2.05, 4.69) is 18.4 Å². The fourth-order valence-electron chi connectivity index (χ4n) is 3.57. The summed E-state index contributed by atoms with van der Waals surface area (Å²) >= 11 is 0. The maximum atomic E-state index is 11.5. The number of amides is 1. The number of rotatable bonds is 9. The number of benzene rings is 1. The molecule has 5 nitrogen and oxygen atoms in total. The zero-order valence-electron chi connectivity index (χ0n) is 15.4. The van der Waals surface area contributed by atoms with E-state index in [0.717, 1.165) is 54.3 Å². The summed E-state index contributed by atoms with van der Waals surface area (Å²) in [5, 5.41) is 10.5. The molecular weight excluding hydrogens is 316 g/mol. The minimum Gasteiger partial charge on any atom is -0.478 e. The van der Waals surface area contributed by atoms with Crippen LogP contribution in [-0.4, -0.2) is 21.6 Å². The van der Waals surface area contributed by atoms with Gasteiger partial charge in [0.1, 0.15) is 0 Å². The van der Waals surface area contributed by atoms with E-state index in [1.807, 2.05) is 13.0 Å². The summed E-state index contributed by atoms with van der Waals surface area (Å²) < 4.78 is 2.20. The van der Waals surface area contributed by atoms with Crippen LogP contribution in [-0.2, 0) is 24.2 Å². The number of carboxylic acids is 1. The highest BCUT2D eigenvalue weighted by Crippen LogP contribution is 2.31. The molecular formula is C20H28N2O3. The molecule has 1 aromatic heterocycles. The lowest BCUT2D eigenvalue weighted by Gasteiger charge is -2.10. The predicted molar refractivity (Wildman–Crippen MR) is 100 cm³/mol. The number of primary amides is 1. The van der Waals surface area contributed by atoms with Crippen molar-refractivity contribution in [3.8, 4) is 0 Å². The lowest BCUT2D eigenvalue weighted by Crippen LogP contribution is -2.12. The van der Waals surface area contributed by atoms with Crippen LogP contribution in [0.25, 0.3) is 10.9 Å². The number of carboxylic acid groups (broad SMARTS) is 1. The molecule has 0 saturated heterocycles. The van der Waals surface area contributed by atoms with E-state index in [1.54, 1.807) is 6.07 Å². The molecule has 136 valence electrons. The first-order chi connectivity index (χ1) is 11.9. The number of fused-ring (bicyclic) bond motifs is 1. The molecule has 0 radical (unpaired) electrons. The summed E-state index contributed by atoms with van der Waals surface area (Å²) in [7, 11) is 0. The summed E-state index contributed by atoms with van der Waals surface area (Å²) in [6.45, 7) is 6.84. The van der Waals surface area contributed by atoms with Crippen LogP contribution in [0.5, 0.6) is 0 Å². The molecule has 1 amide bonds. The second-order valence-corrected chi connectivity index (χ2v) is 6.58. The van der Waals surface area contributed by atoms with Crippen molar-refractivity contribution < 1.29 is 14.7 Å². The molecule has 1 heterocycles. The molecule has 0 fully saturated rings. The van der Waals surface area contributed by atoms with Crippen molar-refractivity contribution in [3.63, 3.8) is 0 Å². The third kappa shape index (κ3) is 4.03. The second-order valence-electron chi connectivity index (χ2n) is 6.58. The van der Waals surface area contributed by atoms with E-state index in [0.29, 0.717) is 18.4 Å². The van der Waals surface area contributed by atoms with Crippen LogP contribution >= 0.6 is 0 Å². The second kappa shape index (κ2) is 8.19. The Morgan fingerprint density at radius 2 is 1.88 bits per heavy atom. The molecule has 3 N–H and O–H groups in total. The monoisotopic (exact) mass is 344 g/mol. The number of hydrogen-bond acceptors (Lipinski definition) is 2. The number of aryl methyl sites for hydroxylation is 3. The topological polar surface area (TPSA) is 85.3 Å². The molecule has 0 saturated carbocycles. The van der Waals surface area contributed by atoms with Gasteiger partial charge >= 0.3 is 5.97 Å². The first-order valence-electron chi connectivity index (χ1n) is 9.06.